The van der Waals surface area contributed by atoms with Crippen molar-refractivity contribution in [3.8, 4) is 34.1 Å². The van der Waals surface area contributed by atoms with Gasteiger partial charge in [0, 0.05) is 29.2 Å². The minimum Gasteiger partial charge on any atom is -0.493 e. The van der Waals surface area contributed by atoms with E-state index in [0.717, 1.165) is 22.4 Å². The molecule has 0 spiro atoms. The largest absolute Gasteiger partial charge is 0.493 e. The molecule has 174 valence electrons. The number of fused-ring (bicyclic) bond motifs is 1. The Labute approximate surface area is 201 Å². The van der Waals surface area contributed by atoms with E-state index in [4.69, 9.17) is 14.6 Å². The standard InChI is InChI=1S/C26H22N6O3/c1-34-22-11-5-17(14-23(22)35-2)15-25(33)28-20-8-6-18(7-9-20)21-10-12-24-29-30-26(32(24)31-21)19-4-3-13-27-16-19/h3-14,16H,15H2,1-2H3,(H,28,33). The van der Waals surface area contributed by atoms with E-state index in [0.29, 0.717) is 28.7 Å². The lowest BCUT2D eigenvalue weighted by atomic mass is 10.1. The minimum absolute atomic E-state index is 0.130. The lowest BCUT2D eigenvalue weighted by Crippen LogP contribution is -2.14. The molecule has 0 aliphatic carbocycles. The van der Waals surface area contributed by atoms with E-state index in [9.17, 15) is 4.79 Å². The molecule has 3 heterocycles. The van der Waals surface area contributed by atoms with E-state index in [1.807, 2.05) is 54.6 Å². The summed E-state index contributed by atoms with van der Waals surface area (Å²) >= 11 is 0. The van der Waals surface area contributed by atoms with Gasteiger partial charge in [-0.3, -0.25) is 9.78 Å². The first-order chi connectivity index (χ1) is 17.1. The predicted octanol–water partition coefficient (Wildman–Crippen LogP) is 4.05. The summed E-state index contributed by atoms with van der Waals surface area (Å²) in [6, 6.07) is 20.5. The van der Waals surface area contributed by atoms with Crippen LogP contribution in [0, 0.1) is 0 Å². The molecule has 5 rings (SSSR count). The summed E-state index contributed by atoms with van der Waals surface area (Å²) in [7, 11) is 3.15. The Hall–Kier alpha value is -4.79. The third-order valence-corrected chi connectivity index (χ3v) is 5.46. The number of hydrogen-bond acceptors (Lipinski definition) is 7. The summed E-state index contributed by atoms with van der Waals surface area (Å²) in [4.78, 5) is 16.7. The zero-order valence-electron chi connectivity index (χ0n) is 19.2. The SMILES string of the molecule is COc1ccc(CC(=O)Nc2ccc(-c3ccc4nnc(-c5cccnc5)n4n3)cc2)cc1OC. The number of ether oxygens (including phenoxy) is 2. The summed E-state index contributed by atoms with van der Waals surface area (Å²) in [5, 5.41) is 16.1. The molecule has 0 fully saturated rings. The van der Waals surface area contributed by atoms with Crippen LogP contribution < -0.4 is 14.8 Å². The number of benzene rings is 2. The normalized spacial score (nSPS) is 10.8. The average Bonchev–Trinajstić information content (AvgIpc) is 3.33. The van der Waals surface area contributed by atoms with E-state index in [-0.39, 0.29) is 12.3 Å². The molecule has 0 saturated carbocycles. The second-order valence-electron chi connectivity index (χ2n) is 7.75. The molecule has 0 aliphatic heterocycles. The molecule has 2 aromatic carbocycles. The number of amides is 1. The monoisotopic (exact) mass is 466 g/mol. The van der Waals surface area contributed by atoms with Crippen LogP contribution >= 0.6 is 0 Å². The van der Waals surface area contributed by atoms with Crippen LogP contribution in [-0.4, -0.2) is 44.9 Å². The summed E-state index contributed by atoms with van der Waals surface area (Å²) in [6.45, 7) is 0. The van der Waals surface area contributed by atoms with Crippen molar-refractivity contribution in [3.63, 3.8) is 0 Å². The molecule has 0 atom stereocenters. The Morgan fingerprint density at radius 3 is 2.49 bits per heavy atom. The molecule has 9 nitrogen and oxygen atoms in total. The number of rotatable bonds is 7. The van der Waals surface area contributed by atoms with Crippen molar-refractivity contribution >= 4 is 17.2 Å². The summed E-state index contributed by atoms with van der Waals surface area (Å²) < 4.78 is 12.3. The third kappa shape index (κ3) is 4.65. The summed E-state index contributed by atoms with van der Waals surface area (Å²) in [5.74, 6) is 1.70. The molecule has 0 aliphatic rings. The maximum atomic E-state index is 12.6. The second kappa shape index (κ2) is 9.60. The van der Waals surface area contributed by atoms with Crippen molar-refractivity contribution < 1.29 is 14.3 Å². The highest BCUT2D eigenvalue weighted by Crippen LogP contribution is 2.28. The number of pyridine rings is 1. The number of methoxy groups -OCH3 is 2. The number of aromatic nitrogens is 5. The average molecular weight is 467 g/mol. The molecule has 1 N–H and O–H groups in total. The summed E-state index contributed by atoms with van der Waals surface area (Å²) in [6.07, 6.45) is 3.65. The van der Waals surface area contributed by atoms with E-state index < -0.39 is 0 Å². The fourth-order valence-electron chi connectivity index (χ4n) is 3.72. The quantitative estimate of drug-likeness (QED) is 0.386. The maximum absolute atomic E-state index is 12.6. The van der Waals surface area contributed by atoms with Crippen molar-refractivity contribution in [2.75, 3.05) is 19.5 Å². The molecule has 0 radical (unpaired) electrons. The smallest absolute Gasteiger partial charge is 0.228 e. The molecule has 3 aromatic heterocycles. The van der Waals surface area contributed by atoms with Gasteiger partial charge in [0.1, 0.15) is 0 Å². The van der Waals surface area contributed by atoms with E-state index in [2.05, 4.69) is 20.5 Å². The first-order valence-electron chi connectivity index (χ1n) is 10.9. The molecule has 0 bridgehead atoms. The van der Waals surface area contributed by atoms with Crippen LogP contribution in [0.4, 0.5) is 5.69 Å². The van der Waals surface area contributed by atoms with Gasteiger partial charge in [-0.05, 0) is 54.1 Å². The van der Waals surface area contributed by atoms with E-state index in [1.165, 1.54) is 0 Å². The first kappa shape index (κ1) is 22.0. The van der Waals surface area contributed by atoms with Gasteiger partial charge in [-0.25, -0.2) is 0 Å². The number of nitrogens with one attached hydrogen (secondary N) is 1. The molecule has 0 unspecified atom stereocenters. The fourth-order valence-corrected chi connectivity index (χ4v) is 3.72. The van der Waals surface area contributed by atoms with Gasteiger partial charge in [0.15, 0.2) is 23.0 Å². The number of anilines is 1. The molecular weight excluding hydrogens is 444 g/mol. The lowest BCUT2D eigenvalue weighted by Gasteiger charge is -2.10. The zero-order valence-corrected chi connectivity index (χ0v) is 19.2. The first-order valence-corrected chi connectivity index (χ1v) is 10.9. The van der Waals surface area contributed by atoms with Crippen molar-refractivity contribution in [1.82, 2.24) is 24.8 Å². The third-order valence-electron chi connectivity index (χ3n) is 5.46. The van der Waals surface area contributed by atoms with E-state index >= 15 is 0 Å². The highest BCUT2D eigenvalue weighted by atomic mass is 16.5. The van der Waals surface area contributed by atoms with Crippen molar-refractivity contribution in [2.24, 2.45) is 0 Å². The van der Waals surface area contributed by atoms with Crippen LogP contribution in [0.1, 0.15) is 5.56 Å². The van der Waals surface area contributed by atoms with Crippen LogP contribution in [-0.2, 0) is 11.2 Å². The van der Waals surface area contributed by atoms with Crippen molar-refractivity contribution in [1.29, 1.82) is 0 Å². The Morgan fingerprint density at radius 2 is 1.74 bits per heavy atom. The highest BCUT2D eigenvalue weighted by Gasteiger charge is 2.12. The molecule has 1 amide bonds. The van der Waals surface area contributed by atoms with Crippen LogP contribution in [0.3, 0.4) is 0 Å². The lowest BCUT2D eigenvalue weighted by molar-refractivity contribution is -0.115. The number of carbonyl (C=O) groups excluding carboxylic acids is 1. The van der Waals surface area contributed by atoms with Gasteiger partial charge < -0.3 is 14.8 Å². The van der Waals surface area contributed by atoms with Crippen molar-refractivity contribution in [2.45, 2.75) is 6.42 Å². The Bertz CT molecular complexity index is 1480. The molecule has 9 heteroatoms. The second-order valence-corrected chi connectivity index (χ2v) is 7.75. The Kier molecular flexibility index (Phi) is 6.04. The molecule has 0 saturated heterocycles. The van der Waals surface area contributed by atoms with Crippen LogP contribution in [0.25, 0.3) is 28.3 Å². The van der Waals surface area contributed by atoms with Gasteiger partial charge in [-0.15, -0.1) is 10.2 Å². The highest BCUT2D eigenvalue weighted by molar-refractivity contribution is 5.92. The van der Waals surface area contributed by atoms with E-state index in [1.54, 1.807) is 43.3 Å². The topological polar surface area (TPSA) is 104 Å². The number of hydrogen-bond donors (Lipinski definition) is 1. The molecular formula is C26H22N6O3. The van der Waals surface area contributed by atoms with Crippen molar-refractivity contribution in [3.05, 3.63) is 84.7 Å². The maximum Gasteiger partial charge on any atom is 0.228 e. The van der Waals surface area contributed by atoms with Crippen LogP contribution in [0.2, 0.25) is 0 Å². The van der Waals surface area contributed by atoms with Crippen LogP contribution in [0.5, 0.6) is 11.5 Å². The Balaban J connectivity index is 1.31. The fraction of sp³-hybridized carbons (Fsp3) is 0.115. The predicted molar refractivity (Wildman–Crippen MR) is 131 cm³/mol. The van der Waals surface area contributed by atoms with Crippen LogP contribution in [0.15, 0.2) is 79.1 Å². The van der Waals surface area contributed by atoms with Gasteiger partial charge in [-0.2, -0.15) is 9.61 Å². The van der Waals surface area contributed by atoms with Gasteiger partial charge in [0.25, 0.3) is 0 Å². The number of nitrogens with zero attached hydrogens (tertiary/aromatic N) is 5. The van der Waals surface area contributed by atoms with Gasteiger partial charge in [0.05, 0.1) is 26.3 Å². The molecule has 35 heavy (non-hydrogen) atoms. The number of carbonyl (C=O) groups is 1. The van der Waals surface area contributed by atoms with Gasteiger partial charge in [0.2, 0.25) is 5.91 Å². The zero-order chi connectivity index (χ0) is 24.2. The Morgan fingerprint density at radius 1 is 0.914 bits per heavy atom. The molecule has 5 aromatic rings. The van der Waals surface area contributed by atoms with Gasteiger partial charge in [-0.1, -0.05) is 18.2 Å². The summed E-state index contributed by atoms with van der Waals surface area (Å²) in [5.41, 5.74) is 4.65. The minimum atomic E-state index is -0.130. The van der Waals surface area contributed by atoms with Gasteiger partial charge >= 0.3 is 0 Å².